The largest absolute Gasteiger partial charge is 0.456 e. The molecule has 0 aliphatic carbocycles. The smallest absolute Gasteiger partial charge is 0.341 e. The molecule has 82 valence electrons. The van der Waals surface area contributed by atoms with Crippen molar-refractivity contribution >= 4 is 17.6 Å². The predicted octanol–water partition coefficient (Wildman–Crippen LogP) is 2.83. The van der Waals surface area contributed by atoms with E-state index in [4.69, 9.17) is 16.3 Å². The molecule has 15 heavy (non-hydrogen) atoms. The van der Waals surface area contributed by atoms with Gasteiger partial charge in [-0.15, -0.1) is 0 Å². The van der Waals surface area contributed by atoms with E-state index in [0.29, 0.717) is 0 Å². The molecule has 1 aromatic heterocycles. The van der Waals surface area contributed by atoms with Crippen molar-refractivity contribution in [1.29, 1.82) is 0 Å². The lowest BCUT2D eigenvalue weighted by molar-refractivity contribution is 0.00645. The minimum Gasteiger partial charge on any atom is -0.456 e. The second kappa shape index (κ2) is 4.14. The molecule has 0 fully saturated rings. The Hall–Kier alpha value is -1.16. The quantitative estimate of drug-likeness (QED) is 0.551. The fourth-order valence-electron chi connectivity index (χ4n) is 0.903. The fraction of sp³-hybridized carbons (Fsp3) is 0.400. The van der Waals surface area contributed by atoms with Gasteiger partial charge in [0.15, 0.2) is 5.82 Å². The number of esters is 1. The van der Waals surface area contributed by atoms with Gasteiger partial charge >= 0.3 is 5.97 Å². The predicted molar refractivity (Wildman–Crippen MR) is 54.4 cm³/mol. The summed E-state index contributed by atoms with van der Waals surface area (Å²) in [4.78, 5) is 15.0. The Morgan fingerprint density at radius 2 is 2.13 bits per heavy atom. The molecule has 0 unspecified atom stereocenters. The normalized spacial score (nSPS) is 11.3. The van der Waals surface area contributed by atoms with Gasteiger partial charge in [0.2, 0.25) is 0 Å². The van der Waals surface area contributed by atoms with E-state index < -0.39 is 17.4 Å². The molecule has 0 saturated heterocycles. The number of hydrogen-bond acceptors (Lipinski definition) is 3. The Morgan fingerprint density at radius 1 is 1.53 bits per heavy atom. The van der Waals surface area contributed by atoms with E-state index in [-0.39, 0.29) is 10.7 Å². The van der Waals surface area contributed by atoms with Gasteiger partial charge in [-0.25, -0.2) is 14.2 Å². The topological polar surface area (TPSA) is 39.2 Å². The lowest BCUT2D eigenvalue weighted by Crippen LogP contribution is -2.24. The summed E-state index contributed by atoms with van der Waals surface area (Å²) in [7, 11) is 0. The van der Waals surface area contributed by atoms with Crippen LogP contribution in [0.4, 0.5) is 4.39 Å². The highest BCUT2D eigenvalue weighted by molar-refractivity contribution is 6.29. The highest BCUT2D eigenvalue weighted by atomic mass is 35.5. The monoisotopic (exact) mass is 231 g/mol. The van der Waals surface area contributed by atoms with Crippen molar-refractivity contribution in [2.24, 2.45) is 0 Å². The first-order valence-corrected chi connectivity index (χ1v) is 4.72. The van der Waals surface area contributed by atoms with Crippen LogP contribution >= 0.6 is 11.6 Å². The molecule has 1 rings (SSSR count). The van der Waals surface area contributed by atoms with E-state index in [0.717, 1.165) is 12.3 Å². The third-order valence-corrected chi connectivity index (χ3v) is 1.65. The molecule has 5 heteroatoms. The molecule has 0 radical (unpaired) electrons. The van der Waals surface area contributed by atoms with Crippen LogP contribution < -0.4 is 0 Å². The molecule has 0 aromatic carbocycles. The van der Waals surface area contributed by atoms with Gasteiger partial charge in [0.1, 0.15) is 10.8 Å². The van der Waals surface area contributed by atoms with E-state index in [2.05, 4.69) is 4.98 Å². The average Bonchev–Trinajstić information content (AvgIpc) is 2.06. The van der Waals surface area contributed by atoms with Gasteiger partial charge in [-0.2, -0.15) is 0 Å². The number of pyridine rings is 1. The van der Waals surface area contributed by atoms with Crippen molar-refractivity contribution in [3.8, 4) is 0 Å². The van der Waals surface area contributed by atoms with Gasteiger partial charge in [0.25, 0.3) is 0 Å². The van der Waals surface area contributed by atoms with E-state index >= 15 is 0 Å². The minimum absolute atomic E-state index is 0.0530. The number of rotatable bonds is 1. The van der Waals surface area contributed by atoms with Crippen LogP contribution in [0.25, 0.3) is 0 Å². The van der Waals surface area contributed by atoms with Gasteiger partial charge < -0.3 is 4.74 Å². The van der Waals surface area contributed by atoms with Crippen LogP contribution in [0, 0.1) is 5.82 Å². The lowest BCUT2D eigenvalue weighted by atomic mass is 10.2. The Balaban J connectivity index is 2.96. The van der Waals surface area contributed by atoms with Crippen molar-refractivity contribution in [1.82, 2.24) is 4.98 Å². The third-order valence-electron chi connectivity index (χ3n) is 1.44. The highest BCUT2D eigenvalue weighted by Crippen LogP contribution is 2.16. The maximum Gasteiger partial charge on any atom is 0.341 e. The zero-order valence-electron chi connectivity index (χ0n) is 8.67. The van der Waals surface area contributed by atoms with Crippen molar-refractivity contribution in [2.45, 2.75) is 26.4 Å². The van der Waals surface area contributed by atoms with Crippen LogP contribution in [0.15, 0.2) is 12.3 Å². The standard InChI is InChI=1S/C10H11ClFNO2/c1-10(2,3)15-9(14)6-4-8(11)13-5-7(6)12/h4-5H,1-3H3. The van der Waals surface area contributed by atoms with Crippen molar-refractivity contribution in [3.63, 3.8) is 0 Å². The average molecular weight is 232 g/mol. The second-order valence-corrected chi connectivity index (χ2v) is 4.38. The van der Waals surface area contributed by atoms with Crippen LogP contribution in [-0.4, -0.2) is 16.6 Å². The molecule has 0 spiro atoms. The van der Waals surface area contributed by atoms with Crippen LogP contribution in [0.2, 0.25) is 5.15 Å². The summed E-state index contributed by atoms with van der Waals surface area (Å²) < 4.78 is 18.2. The summed E-state index contributed by atoms with van der Waals surface area (Å²) in [5.41, 5.74) is -0.871. The molecule has 1 heterocycles. The summed E-state index contributed by atoms with van der Waals surface area (Å²) in [5.74, 6) is -1.49. The number of aromatic nitrogens is 1. The van der Waals surface area contributed by atoms with Crippen LogP contribution in [0.1, 0.15) is 31.1 Å². The van der Waals surface area contributed by atoms with Crippen LogP contribution in [0.3, 0.4) is 0 Å². The van der Waals surface area contributed by atoms with Gasteiger partial charge in [0, 0.05) is 0 Å². The SMILES string of the molecule is CC(C)(C)OC(=O)c1cc(Cl)ncc1F. The molecule has 0 bridgehead atoms. The third kappa shape index (κ3) is 3.47. The molecule has 3 nitrogen and oxygen atoms in total. The van der Waals surface area contributed by atoms with Crippen molar-refractivity contribution in [3.05, 3.63) is 28.8 Å². The van der Waals surface area contributed by atoms with Crippen LogP contribution in [-0.2, 0) is 4.74 Å². The van der Waals surface area contributed by atoms with E-state index in [9.17, 15) is 9.18 Å². The van der Waals surface area contributed by atoms with Gasteiger partial charge in [-0.05, 0) is 26.8 Å². The highest BCUT2D eigenvalue weighted by Gasteiger charge is 2.21. The number of nitrogens with zero attached hydrogens (tertiary/aromatic N) is 1. The summed E-state index contributed by atoms with van der Waals surface area (Å²) in [5, 5.41) is 0.0530. The first-order valence-electron chi connectivity index (χ1n) is 4.34. The zero-order chi connectivity index (χ0) is 11.6. The molecular weight excluding hydrogens is 221 g/mol. The van der Waals surface area contributed by atoms with Gasteiger partial charge in [-0.1, -0.05) is 11.6 Å². The van der Waals surface area contributed by atoms with Crippen molar-refractivity contribution in [2.75, 3.05) is 0 Å². The number of halogens is 2. The Bertz CT molecular complexity index is 387. The summed E-state index contributed by atoms with van der Waals surface area (Å²) in [6.07, 6.45) is 0.890. The Labute approximate surface area is 92.2 Å². The first kappa shape index (κ1) is 11.9. The minimum atomic E-state index is -0.746. The molecule has 0 aliphatic rings. The number of hydrogen-bond donors (Lipinski definition) is 0. The molecule has 0 atom stereocenters. The zero-order valence-corrected chi connectivity index (χ0v) is 9.43. The summed E-state index contributed by atoms with van der Waals surface area (Å²) in [6, 6.07) is 1.14. The maximum absolute atomic E-state index is 13.2. The number of carbonyl (C=O) groups is 1. The van der Waals surface area contributed by atoms with E-state index in [1.165, 1.54) is 0 Å². The van der Waals surface area contributed by atoms with E-state index in [1.54, 1.807) is 20.8 Å². The molecule has 1 aromatic rings. The number of carbonyl (C=O) groups excluding carboxylic acids is 1. The first-order chi connectivity index (χ1) is 6.79. The van der Waals surface area contributed by atoms with Crippen molar-refractivity contribution < 1.29 is 13.9 Å². The molecule has 0 amide bonds. The van der Waals surface area contributed by atoms with Gasteiger partial charge in [0.05, 0.1) is 11.8 Å². The molecule has 0 aliphatic heterocycles. The number of ether oxygens (including phenoxy) is 1. The molecular formula is C10H11ClFNO2. The Morgan fingerprint density at radius 3 is 2.67 bits per heavy atom. The Kier molecular flexibility index (Phi) is 3.29. The van der Waals surface area contributed by atoms with Gasteiger partial charge in [-0.3, -0.25) is 0 Å². The van der Waals surface area contributed by atoms with Crippen LogP contribution in [0.5, 0.6) is 0 Å². The maximum atomic E-state index is 13.2. The molecule has 0 saturated carbocycles. The second-order valence-electron chi connectivity index (χ2n) is 3.99. The molecule has 0 N–H and O–H groups in total. The summed E-state index contributed by atoms with van der Waals surface area (Å²) in [6.45, 7) is 5.10. The lowest BCUT2D eigenvalue weighted by Gasteiger charge is -2.19. The fourth-order valence-corrected chi connectivity index (χ4v) is 1.06. The summed E-state index contributed by atoms with van der Waals surface area (Å²) >= 11 is 5.55. The van der Waals surface area contributed by atoms with E-state index in [1.807, 2.05) is 0 Å².